The second-order valence-electron chi connectivity index (χ2n) is 6.46. The molecular weight excluding hydrogens is 360 g/mol. The minimum Gasteiger partial charge on any atom is -0.493 e. The van der Waals surface area contributed by atoms with Gasteiger partial charge in [-0.15, -0.1) is 0 Å². The third-order valence-electron chi connectivity index (χ3n) is 4.44. The Balaban J connectivity index is 2.07. The smallest absolute Gasteiger partial charge is 0.251 e. The van der Waals surface area contributed by atoms with Crippen molar-refractivity contribution < 1.29 is 9.53 Å². The van der Waals surface area contributed by atoms with Crippen molar-refractivity contribution >= 4 is 28.4 Å². The molecule has 140 valence electrons. The zero-order chi connectivity index (χ0) is 19.4. The van der Waals surface area contributed by atoms with Crippen LogP contribution >= 0.6 is 11.6 Å². The first-order valence-corrected chi connectivity index (χ1v) is 9.54. The van der Waals surface area contributed by atoms with E-state index in [9.17, 15) is 4.79 Å². The normalized spacial score (nSPS) is 12.0. The third-order valence-corrected chi connectivity index (χ3v) is 4.68. The predicted molar refractivity (Wildman–Crippen MR) is 111 cm³/mol. The summed E-state index contributed by atoms with van der Waals surface area (Å²) in [6, 6.07) is 15.1. The highest BCUT2D eigenvalue weighted by Crippen LogP contribution is 2.31. The van der Waals surface area contributed by atoms with Crippen LogP contribution in [0, 0.1) is 0 Å². The van der Waals surface area contributed by atoms with Crippen LogP contribution in [0.25, 0.3) is 22.2 Å². The fourth-order valence-corrected chi connectivity index (χ4v) is 3.01. The Kier molecular flexibility index (Phi) is 5.97. The molecule has 1 atom stereocenters. The number of benzene rings is 2. The van der Waals surface area contributed by atoms with Gasteiger partial charge >= 0.3 is 0 Å². The monoisotopic (exact) mass is 382 g/mol. The van der Waals surface area contributed by atoms with Crippen molar-refractivity contribution in [2.75, 3.05) is 6.61 Å². The molecule has 3 rings (SSSR count). The number of amides is 1. The van der Waals surface area contributed by atoms with E-state index in [1.165, 1.54) is 0 Å². The average molecular weight is 383 g/mol. The molecule has 0 saturated carbocycles. The summed E-state index contributed by atoms with van der Waals surface area (Å²) in [6.45, 7) is 6.49. The number of carbonyl (C=O) groups excluding carboxylic acids is 1. The van der Waals surface area contributed by atoms with Crippen molar-refractivity contribution in [3.05, 3.63) is 59.1 Å². The van der Waals surface area contributed by atoms with Gasteiger partial charge in [-0.2, -0.15) is 0 Å². The molecule has 0 aliphatic heterocycles. The molecule has 0 aliphatic rings. The number of nitrogens with one attached hydrogen (secondary N) is 1. The number of halogens is 1. The lowest BCUT2D eigenvalue weighted by Crippen LogP contribution is -2.31. The molecule has 0 radical (unpaired) electrons. The first kappa shape index (κ1) is 19.2. The van der Waals surface area contributed by atoms with Gasteiger partial charge in [-0.1, -0.05) is 30.7 Å². The largest absolute Gasteiger partial charge is 0.493 e. The van der Waals surface area contributed by atoms with Crippen LogP contribution < -0.4 is 10.1 Å². The van der Waals surface area contributed by atoms with Gasteiger partial charge in [0, 0.05) is 33.6 Å². The van der Waals surface area contributed by atoms with Crippen molar-refractivity contribution in [3.63, 3.8) is 0 Å². The van der Waals surface area contributed by atoms with E-state index in [2.05, 4.69) is 5.32 Å². The Bertz CT molecular complexity index is 972. The van der Waals surface area contributed by atoms with Gasteiger partial charge in [-0.25, -0.2) is 4.98 Å². The van der Waals surface area contributed by atoms with Gasteiger partial charge in [0.25, 0.3) is 5.91 Å². The highest BCUT2D eigenvalue weighted by atomic mass is 35.5. The molecule has 4 nitrogen and oxygen atoms in total. The van der Waals surface area contributed by atoms with Gasteiger partial charge in [0.15, 0.2) is 0 Å². The van der Waals surface area contributed by atoms with Crippen LogP contribution in [0.2, 0.25) is 5.02 Å². The van der Waals surface area contributed by atoms with Crippen molar-refractivity contribution in [1.82, 2.24) is 10.3 Å². The Morgan fingerprint density at radius 2 is 2.00 bits per heavy atom. The molecule has 0 aliphatic carbocycles. The fraction of sp³-hybridized carbons (Fsp3) is 0.273. The van der Waals surface area contributed by atoms with Crippen molar-refractivity contribution in [2.45, 2.75) is 33.2 Å². The van der Waals surface area contributed by atoms with E-state index in [0.717, 1.165) is 28.6 Å². The molecule has 3 aromatic rings. The summed E-state index contributed by atoms with van der Waals surface area (Å²) >= 11 is 6.12. The molecule has 1 N–H and O–H groups in total. The molecule has 1 heterocycles. The van der Waals surface area contributed by atoms with E-state index in [1.54, 1.807) is 6.07 Å². The molecule has 0 spiro atoms. The quantitative estimate of drug-likeness (QED) is 0.613. The average Bonchev–Trinajstić information content (AvgIpc) is 2.67. The summed E-state index contributed by atoms with van der Waals surface area (Å²) in [7, 11) is 0. The highest BCUT2D eigenvalue weighted by molar-refractivity contribution is 6.30. The van der Waals surface area contributed by atoms with Crippen LogP contribution in [0.4, 0.5) is 0 Å². The number of rotatable bonds is 6. The number of carbonyl (C=O) groups is 1. The molecule has 5 heteroatoms. The van der Waals surface area contributed by atoms with Crippen LogP contribution in [0.5, 0.6) is 5.75 Å². The number of nitrogens with zero attached hydrogens (tertiary/aromatic N) is 1. The maximum Gasteiger partial charge on any atom is 0.251 e. The maximum atomic E-state index is 12.5. The van der Waals surface area contributed by atoms with Gasteiger partial charge < -0.3 is 10.1 Å². The zero-order valence-electron chi connectivity index (χ0n) is 15.8. The standard InChI is InChI=1S/C22H23ClN2O2/c1-4-14(3)24-22(26)16-9-10-19-18(12-16)21(27-5-2)13-20(25-19)15-7-6-8-17(23)11-15/h6-14H,4-5H2,1-3H3,(H,24,26). The van der Waals surface area contributed by atoms with E-state index in [0.29, 0.717) is 22.9 Å². The minimum atomic E-state index is -0.0902. The Labute approximate surface area is 164 Å². The summed E-state index contributed by atoms with van der Waals surface area (Å²) in [6.07, 6.45) is 0.883. The summed E-state index contributed by atoms with van der Waals surface area (Å²) in [5.74, 6) is 0.614. The van der Waals surface area contributed by atoms with Crippen LogP contribution in [-0.2, 0) is 0 Å². The van der Waals surface area contributed by atoms with Gasteiger partial charge in [0.1, 0.15) is 5.75 Å². The SMILES string of the molecule is CCOc1cc(-c2cccc(Cl)c2)nc2ccc(C(=O)NC(C)CC)cc12. The summed E-state index contributed by atoms with van der Waals surface area (Å²) in [5.41, 5.74) is 3.08. The summed E-state index contributed by atoms with van der Waals surface area (Å²) in [5, 5.41) is 4.47. The second-order valence-corrected chi connectivity index (χ2v) is 6.90. The Morgan fingerprint density at radius 3 is 2.70 bits per heavy atom. The first-order valence-electron chi connectivity index (χ1n) is 9.16. The predicted octanol–water partition coefficient (Wildman–Crippen LogP) is 5.48. The minimum absolute atomic E-state index is 0.0902. The number of hydrogen-bond acceptors (Lipinski definition) is 3. The number of fused-ring (bicyclic) bond motifs is 1. The Hall–Kier alpha value is -2.59. The molecule has 1 aromatic heterocycles. The molecular formula is C22H23ClN2O2. The van der Waals surface area contributed by atoms with Crippen molar-refractivity contribution in [2.24, 2.45) is 0 Å². The van der Waals surface area contributed by atoms with Crippen LogP contribution in [-0.4, -0.2) is 23.5 Å². The third kappa shape index (κ3) is 4.40. The lowest BCUT2D eigenvalue weighted by atomic mass is 10.1. The van der Waals surface area contributed by atoms with E-state index < -0.39 is 0 Å². The van der Waals surface area contributed by atoms with Crippen molar-refractivity contribution in [3.8, 4) is 17.0 Å². The lowest BCUT2D eigenvalue weighted by molar-refractivity contribution is 0.0939. The fourth-order valence-electron chi connectivity index (χ4n) is 2.82. The summed E-state index contributed by atoms with van der Waals surface area (Å²) in [4.78, 5) is 17.2. The lowest BCUT2D eigenvalue weighted by Gasteiger charge is -2.14. The first-order chi connectivity index (χ1) is 13.0. The van der Waals surface area contributed by atoms with E-state index in [1.807, 2.05) is 63.2 Å². The maximum absolute atomic E-state index is 12.5. The van der Waals surface area contributed by atoms with Gasteiger partial charge in [0.2, 0.25) is 0 Å². The molecule has 2 aromatic carbocycles. The Morgan fingerprint density at radius 1 is 1.19 bits per heavy atom. The highest BCUT2D eigenvalue weighted by Gasteiger charge is 2.13. The van der Waals surface area contributed by atoms with Crippen LogP contribution in [0.1, 0.15) is 37.6 Å². The molecule has 0 saturated heterocycles. The van der Waals surface area contributed by atoms with E-state index in [4.69, 9.17) is 21.3 Å². The number of hydrogen-bond donors (Lipinski definition) is 1. The number of ether oxygens (including phenoxy) is 1. The molecule has 1 amide bonds. The molecule has 27 heavy (non-hydrogen) atoms. The zero-order valence-corrected chi connectivity index (χ0v) is 16.5. The van der Waals surface area contributed by atoms with Gasteiger partial charge in [-0.05, 0) is 50.6 Å². The van der Waals surface area contributed by atoms with Gasteiger partial charge in [0.05, 0.1) is 17.8 Å². The van der Waals surface area contributed by atoms with Crippen LogP contribution in [0.15, 0.2) is 48.5 Å². The molecule has 0 fully saturated rings. The second kappa shape index (κ2) is 8.40. The summed E-state index contributed by atoms with van der Waals surface area (Å²) < 4.78 is 5.84. The topological polar surface area (TPSA) is 51.2 Å². The van der Waals surface area contributed by atoms with Crippen molar-refractivity contribution in [1.29, 1.82) is 0 Å². The van der Waals surface area contributed by atoms with E-state index >= 15 is 0 Å². The number of aromatic nitrogens is 1. The molecule has 0 bridgehead atoms. The van der Waals surface area contributed by atoms with E-state index in [-0.39, 0.29) is 11.9 Å². The molecule has 1 unspecified atom stereocenters. The number of pyridine rings is 1. The van der Waals surface area contributed by atoms with Gasteiger partial charge in [-0.3, -0.25) is 4.79 Å². The van der Waals surface area contributed by atoms with Crippen LogP contribution in [0.3, 0.4) is 0 Å².